The summed E-state index contributed by atoms with van der Waals surface area (Å²) >= 11 is 3.52. The predicted molar refractivity (Wildman–Crippen MR) is 102 cm³/mol. The number of nitrogens with one attached hydrogen (secondary N) is 1. The normalized spacial score (nSPS) is 17.5. The van der Waals surface area contributed by atoms with Crippen LogP contribution in [0, 0.1) is 0 Å². The minimum atomic E-state index is 0.0745. The molecule has 0 bridgehead atoms. The van der Waals surface area contributed by atoms with Gasteiger partial charge in [-0.1, -0.05) is 24.3 Å². The Morgan fingerprint density at radius 2 is 2.12 bits per heavy atom. The molecule has 1 N–H and O–H groups in total. The molecule has 24 heavy (non-hydrogen) atoms. The monoisotopic (exact) mass is 356 g/mol. The van der Waals surface area contributed by atoms with Gasteiger partial charge in [0.05, 0.1) is 6.04 Å². The molecule has 1 aliphatic rings. The molecule has 2 aromatic heterocycles. The van der Waals surface area contributed by atoms with Crippen LogP contribution in [0.4, 0.5) is 4.79 Å². The maximum Gasteiger partial charge on any atom is 0.317 e. The second kappa shape index (κ2) is 6.95. The van der Waals surface area contributed by atoms with Crippen molar-refractivity contribution in [2.45, 2.75) is 25.3 Å². The van der Waals surface area contributed by atoms with Crippen molar-refractivity contribution in [2.24, 2.45) is 0 Å². The maximum atomic E-state index is 12.6. The van der Waals surface area contributed by atoms with Crippen LogP contribution in [0.5, 0.6) is 0 Å². The summed E-state index contributed by atoms with van der Waals surface area (Å²) in [6, 6.07) is 13.0. The molecule has 4 rings (SSSR count). The van der Waals surface area contributed by atoms with Crippen LogP contribution < -0.4 is 5.32 Å². The van der Waals surface area contributed by atoms with Gasteiger partial charge >= 0.3 is 6.03 Å². The first-order chi connectivity index (χ1) is 11.8. The van der Waals surface area contributed by atoms with Crippen molar-refractivity contribution in [2.75, 3.05) is 13.1 Å². The number of carbonyl (C=O) groups excluding carboxylic acids is 1. The second-order valence-corrected chi connectivity index (χ2v) is 8.00. The number of hydrogen-bond donors (Lipinski definition) is 1. The van der Waals surface area contributed by atoms with Crippen molar-refractivity contribution in [1.82, 2.24) is 10.2 Å². The summed E-state index contributed by atoms with van der Waals surface area (Å²) < 4.78 is 1.32. The number of amides is 2. The summed E-state index contributed by atoms with van der Waals surface area (Å²) in [5, 5.41) is 8.73. The Labute approximate surface area is 149 Å². The van der Waals surface area contributed by atoms with Crippen LogP contribution in [0.25, 0.3) is 10.1 Å². The number of carbonyl (C=O) groups is 1. The number of fused-ring (bicyclic) bond motifs is 1. The minimum absolute atomic E-state index is 0.0745. The van der Waals surface area contributed by atoms with Gasteiger partial charge in [-0.15, -0.1) is 22.7 Å². The van der Waals surface area contributed by atoms with Crippen LogP contribution in [-0.2, 0) is 6.42 Å². The molecule has 1 aliphatic heterocycles. The highest BCUT2D eigenvalue weighted by Crippen LogP contribution is 2.34. The summed E-state index contributed by atoms with van der Waals surface area (Å²) in [6.07, 6.45) is 3.04. The van der Waals surface area contributed by atoms with Gasteiger partial charge in [-0.25, -0.2) is 4.79 Å². The molecule has 3 aromatic rings. The van der Waals surface area contributed by atoms with E-state index in [4.69, 9.17) is 0 Å². The zero-order chi connectivity index (χ0) is 16.4. The first-order valence-electron chi connectivity index (χ1n) is 8.36. The summed E-state index contributed by atoms with van der Waals surface area (Å²) in [7, 11) is 0. The van der Waals surface area contributed by atoms with Crippen LogP contribution >= 0.6 is 22.7 Å². The second-order valence-electron chi connectivity index (χ2n) is 6.11. The molecular weight excluding hydrogens is 336 g/mol. The molecule has 0 radical (unpaired) electrons. The summed E-state index contributed by atoms with van der Waals surface area (Å²) in [4.78, 5) is 15.9. The average molecular weight is 357 g/mol. The molecule has 3 heterocycles. The zero-order valence-corrected chi connectivity index (χ0v) is 15.0. The molecule has 124 valence electrons. The third-order valence-corrected chi connectivity index (χ3v) is 6.60. The molecule has 0 spiro atoms. The van der Waals surface area contributed by atoms with Crippen LogP contribution in [-0.4, -0.2) is 24.0 Å². The number of likely N-dealkylation sites (tertiary alicyclic amines) is 1. The van der Waals surface area contributed by atoms with Gasteiger partial charge in [-0.05, 0) is 53.1 Å². The van der Waals surface area contributed by atoms with Crippen molar-refractivity contribution in [3.05, 3.63) is 57.6 Å². The van der Waals surface area contributed by atoms with Gasteiger partial charge in [0.2, 0.25) is 0 Å². The number of nitrogens with zero attached hydrogens (tertiary/aromatic N) is 1. The molecule has 5 heteroatoms. The molecular formula is C19H20N2OS2. The van der Waals surface area contributed by atoms with Crippen LogP contribution in [0.1, 0.15) is 29.3 Å². The molecule has 1 saturated heterocycles. The van der Waals surface area contributed by atoms with Crippen molar-refractivity contribution in [3.63, 3.8) is 0 Å². The van der Waals surface area contributed by atoms with Crippen molar-refractivity contribution in [1.29, 1.82) is 0 Å². The Bertz CT molecular complexity index is 825. The van der Waals surface area contributed by atoms with Gasteiger partial charge < -0.3 is 10.2 Å². The van der Waals surface area contributed by atoms with Gasteiger partial charge in [0.1, 0.15) is 0 Å². The fraction of sp³-hybridized carbons (Fsp3) is 0.316. The van der Waals surface area contributed by atoms with Gasteiger partial charge in [0.25, 0.3) is 0 Å². The van der Waals surface area contributed by atoms with E-state index in [-0.39, 0.29) is 12.1 Å². The quantitative estimate of drug-likeness (QED) is 0.697. The van der Waals surface area contributed by atoms with E-state index in [1.807, 2.05) is 4.90 Å². The average Bonchev–Trinajstić information content (AvgIpc) is 3.34. The number of hydrogen-bond acceptors (Lipinski definition) is 3. The molecule has 1 unspecified atom stereocenters. The SMILES string of the molecule is O=C(NCCc1csc2ccccc12)N1CCCC1c1cccs1. The van der Waals surface area contributed by atoms with E-state index in [1.165, 1.54) is 20.5 Å². The fourth-order valence-corrected chi connectivity index (χ4v) is 5.29. The molecule has 0 aliphatic carbocycles. The number of urea groups is 1. The van der Waals surface area contributed by atoms with E-state index in [9.17, 15) is 4.79 Å². The molecule has 1 fully saturated rings. The lowest BCUT2D eigenvalue weighted by atomic mass is 10.1. The van der Waals surface area contributed by atoms with Crippen molar-refractivity contribution >= 4 is 38.8 Å². The lowest BCUT2D eigenvalue weighted by molar-refractivity contribution is 0.194. The van der Waals surface area contributed by atoms with Crippen molar-refractivity contribution < 1.29 is 4.79 Å². The van der Waals surface area contributed by atoms with E-state index in [0.29, 0.717) is 6.54 Å². The Balaban J connectivity index is 1.36. The van der Waals surface area contributed by atoms with Gasteiger partial charge in [-0.3, -0.25) is 0 Å². The van der Waals surface area contributed by atoms with Gasteiger partial charge in [0.15, 0.2) is 0 Å². The van der Waals surface area contributed by atoms with Crippen LogP contribution in [0.2, 0.25) is 0 Å². The number of rotatable bonds is 4. The maximum absolute atomic E-state index is 12.6. The highest BCUT2D eigenvalue weighted by atomic mass is 32.1. The summed E-state index contributed by atoms with van der Waals surface area (Å²) in [5.74, 6) is 0. The number of thiophene rings is 2. The third kappa shape index (κ3) is 3.06. The fourth-order valence-electron chi connectivity index (χ4n) is 3.42. The largest absolute Gasteiger partial charge is 0.338 e. The Morgan fingerprint density at radius 3 is 3.00 bits per heavy atom. The molecule has 1 atom stereocenters. The van der Waals surface area contributed by atoms with Crippen LogP contribution in [0.15, 0.2) is 47.2 Å². The molecule has 1 aromatic carbocycles. The molecule has 3 nitrogen and oxygen atoms in total. The van der Waals surface area contributed by atoms with E-state index >= 15 is 0 Å². The summed E-state index contributed by atoms with van der Waals surface area (Å²) in [6.45, 7) is 1.54. The van der Waals surface area contributed by atoms with E-state index in [1.54, 1.807) is 22.7 Å². The standard InChI is InChI=1S/C19H20N2OS2/c22-19(21-11-3-6-16(21)18-8-4-12-23-18)20-10-9-14-13-24-17-7-2-1-5-15(14)17/h1-2,4-5,7-8,12-13,16H,3,6,9-11H2,(H,20,22). The molecule has 2 amide bonds. The number of benzene rings is 1. The molecule has 0 saturated carbocycles. The third-order valence-electron chi connectivity index (χ3n) is 4.62. The van der Waals surface area contributed by atoms with Crippen molar-refractivity contribution in [3.8, 4) is 0 Å². The lowest BCUT2D eigenvalue weighted by Crippen LogP contribution is -2.40. The van der Waals surface area contributed by atoms with Gasteiger partial charge in [0, 0.05) is 22.7 Å². The van der Waals surface area contributed by atoms with E-state index in [2.05, 4.69) is 52.5 Å². The Morgan fingerprint density at radius 1 is 1.21 bits per heavy atom. The summed E-state index contributed by atoms with van der Waals surface area (Å²) in [5.41, 5.74) is 1.33. The predicted octanol–water partition coefficient (Wildman–Crippen LogP) is 5.05. The topological polar surface area (TPSA) is 32.3 Å². The Kier molecular flexibility index (Phi) is 4.54. The first-order valence-corrected chi connectivity index (χ1v) is 10.1. The lowest BCUT2D eigenvalue weighted by Gasteiger charge is -2.24. The smallest absolute Gasteiger partial charge is 0.317 e. The Hall–Kier alpha value is -1.85. The van der Waals surface area contributed by atoms with Crippen LogP contribution in [0.3, 0.4) is 0 Å². The highest BCUT2D eigenvalue weighted by molar-refractivity contribution is 7.17. The van der Waals surface area contributed by atoms with Gasteiger partial charge in [-0.2, -0.15) is 0 Å². The van der Waals surface area contributed by atoms with E-state index in [0.717, 1.165) is 25.8 Å². The minimum Gasteiger partial charge on any atom is -0.338 e. The van der Waals surface area contributed by atoms with E-state index < -0.39 is 0 Å². The highest BCUT2D eigenvalue weighted by Gasteiger charge is 2.30. The first kappa shape index (κ1) is 15.7. The zero-order valence-electron chi connectivity index (χ0n) is 13.4.